The van der Waals surface area contributed by atoms with Gasteiger partial charge in [0.2, 0.25) is 5.91 Å². The quantitative estimate of drug-likeness (QED) is 0.728. The van der Waals surface area contributed by atoms with E-state index in [1.165, 1.54) is 32.1 Å². The van der Waals surface area contributed by atoms with Crippen molar-refractivity contribution in [1.29, 1.82) is 0 Å². The van der Waals surface area contributed by atoms with Crippen LogP contribution in [0.25, 0.3) is 0 Å². The van der Waals surface area contributed by atoms with Gasteiger partial charge in [0.05, 0.1) is 5.88 Å². The van der Waals surface area contributed by atoms with Gasteiger partial charge in [0.25, 0.3) is 0 Å². The molecule has 0 aromatic rings. The van der Waals surface area contributed by atoms with E-state index in [-0.39, 0.29) is 18.6 Å². The predicted octanol–water partition coefficient (Wildman–Crippen LogP) is 2.87. The zero-order chi connectivity index (χ0) is 15.8. The smallest absolute Gasteiger partial charge is 0.409 e. The third kappa shape index (κ3) is 5.34. The highest BCUT2D eigenvalue weighted by atomic mass is 35.5. The van der Waals surface area contributed by atoms with E-state index in [0.717, 1.165) is 12.3 Å². The minimum Gasteiger partial charge on any atom is -0.448 e. The van der Waals surface area contributed by atoms with Crippen LogP contribution in [0.15, 0.2) is 0 Å². The van der Waals surface area contributed by atoms with E-state index in [4.69, 9.17) is 16.3 Å². The first-order valence-electron chi connectivity index (χ1n) is 8.46. The summed E-state index contributed by atoms with van der Waals surface area (Å²) in [6.45, 7) is 2.56. The summed E-state index contributed by atoms with van der Waals surface area (Å²) in [6.07, 6.45) is 7.92. The Morgan fingerprint density at radius 2 is 1.64 bits per heavy atom. The topological polar surface area (TPSA) is 49.9 Å². The van der Waals surface area contributed by atoms with Crippen LogP contribution in [0.4, 0.5) is 4.79 Å². The molecule has 0 N–H and O–H groups in total. The van der Waals surface area contributed by atoms with Gasteiger partial charge < -0.3 is 14.5 Å². The molecule has 22 heavy (non-hydrogen) atoms. The summed E-state index contributed by atoms with van der Waals surface area (Å²) < 4.78 is 5.00. The molecule has 0 bridgehead atoms. The van der Waals surface area contributed by atoms with Gasteiger partial charge in [0, 0.05) is 32.6 Å². The van der Waals surface area contributed by atoms with Crippen molar-refractivity contribution >= 4 is 23.6 Å². The maximum absolute atomic E-state index is 12.3. The Morgan fingerprint density at radius 3 is 2.27 bits per heavy atom. The standard InChI is InChI=1S/C16H27ClN2O3/c17-8-13-22-16(21)19-11-9-18(10-12-19)15(20)7-6-14-4-2-1-3-5-14/h14H,1-13H2. The van der Waals surface area contributed by atoms with Gasteiger partial charge in [-0.1, -0.05) is 32.1 Å². The van der Waals surface area contributed by atoms with Gasteiger partial charge in [-0.2, -0.15) is 0 Å². The van der Waals surface area contributed by atoms with Gasteiger partial charge in [-0.05, 0) is 12.3 Å². The summed E-state index contributed by atoms with van der Waals surface area (Å²) in [5.41, 5.74) is 0. The molecule has 2 aliphatic rings. The lowest BCUT2D eigenvalue weighted by atomic mass is 9.86. The number of rotatable bonds is 5. The number of carbonyl (C=O) groups excluding carboxylic acids is 2. The second-order valence-corrected chi connectivity index (χ2v) is 6.59. The Morgan fingerprint density at radius 1 is 1.00 bits per heavy atom. The minimum absolute atomic E-state index is 0.236. The highest BCUT2D eigenvalue weighted by Gasteiger charge is 2.25. The fourth-order valence-electron chi connectivity index (χ4n) is 3.32. The van der Waals surface area contributed by atoms with Crippen molar-refractivity contribution in [2.24, 2.45) is 5.92 Å². The summed E-state index contributed by atoms with van der Waals surface area (Å²) in [7, 11) is 0. The lowest BCUT2D eigenvalue weighted by Gasteiger charge is -2.34. The normalized spacial score (nSPS) is 20.0. The molecule has 2 fully saturated rings. The van der Waals surface area contributed by atoms with Gasteiger partial charge in [0.15, 0.2) is 0 Å². The van der Waals surface area contributed by atoms with Crippen LogP contribution in [0, 0.1) is 5.92 Å². The SMILES string of the molecule is O=C(CCC1CCCCC1)N1CCN(C(=O)OCCCl)CC1. The van der Waals surface area contributed by atoms with Gasteiger partial charge in [0.1, 0.15) is 6.61 Å². The second kappa shape index (κ2) is 9.23. The summed E-state index contributed by atoms with van der Waals surface area (Å²) in [5.74, 6) is 1.29. The number of ether oxygens (including phenoxy) is 1. The molecule has 0 unspecified atom stereocenters. The summed E-state index contributed by atoms with van der Waals surface area (Å²) in [6, 6.07) is 0. The third-order valence-electron chi connectivity index (χ3n) is 4.68. The summed E-state index contributed by atoms with van der Waals surface area (Å²) in [4.78, 5) is 27.5. The molecule has 126 valence electrons. The zero-order valence-electron chi connectivity index (χ0n) is 13.3. The average molecular weight is 331 g/mol. The Balaban J connectivity index is 1.65. The second-order valence-electron chi connectivity index (χ2n) is 6.21. The van der Waals surface area contributed by atoms with Crippen LogP contribution >= 0.6 is 11.6 Å². The first-order valence-corrected chi connectivity index (χ1v) is 8.99. The molecule has 5 nitrogen and oxygen atoms in total. The molecule has 1 heterocycles. The average Bonchev–Trinajstić information content (AvgIpc) is 2.58. The summed E-state index contributed by atoms with van der Waals surface area (Å²) in [5, 5.41) is 0. The molecule has 1 aliphatic heterocycles. The molecule has 2 amide bonds. The van der Waals surface area contributed by atoms with Crippen LogP contribution in [-0.2, 0) is 9.53 Å². The molecule has 0 radical (unpaired) electrons. The minimum atomic E-state index is -0.324. The number of hydrogen-bond acceptors (Lipinski definition) is 3. The number of amides is 2. The Hall–Kier alpha value is -0.970. The number of hydrogen-bond donors (Lipinski definition) is 0. The molecule has 0 atom stereocenters. The number of alkyl halides is 1. The molecule has 0 aromatic heterocycles. The molecule has 2 rings (SSSR count). The number of nitrogens with zero attached hydrogens (tertiary/aromatic N) is 2. The molecule has 6 heteroatoms. The lowest BCUT2D eigenvalue weighted by molar-refractivity contribution is -0.133. The fraction of sp³-hybridized carbons (Fsp3) is 0.875. The lowest BCUT2D eigenvalue weighted by Crippen LogP contribution is -2.50. The monoisotopic (exact) mass is 330 g/mol. The first-order chi connectivity index (χ1) is 10.7. The molecule has 1 aliphatic carbocycles. The number of halogens is 1. The Labute approximate surface area is 137 Å². The van der Waals surface area contributed by atoms with Crippen LogP contribution < -0.4 is 0 Å². The van der Waals surface area contributed by atoms with E-state index >= 15 is 0 Å². The van der Waals surface area contributed by atoms with E-state index < -0.39 is 0 Å². The Kier molecular flexibility index (Phi) is 7.30. The molecular weight excluding hydrogens is 304 g/mol. The van der Waals surface area contributed by atoms with Crippen molar-refractivity contribution in [2.45, 2.75) is 44.9 Å². The van der Waals surface area contributed by atoms with E-state index in [9.17, 15) is 9.59 Å². The van der Waals surface area contributed by atoms with E-state index in [0.29, 0.717) is 38.5 Å². The van der Waals surface area contributed by atoms with Gasteiger partial charge >= 0.3 is 6.09 Å². The van der Waals surface area contributed by atoms with Crippen LogP contribution in [0.2, 0.25) is 0 Å². The van der Waals surface area contributed by atoms with Crippen molar-refractivity contribution in [3.05, 3.63) is 0 Å². The molecule has 1 saturated carbocycles. The first kappa shape index (κ1) is 17.4. The Bertz CT molecular complexity index is 364. The maximum atomic E-state index is 12.3. The van der Waals surface area contributed by atoms with Crippen molar-refractivity contribution in [1.82, 2.24) is 9.80 Å². The fourth-order valence-corrected chi connectivity index (χ4v) is 3.39. The molecular formula is C16H27ClN2O3. The largest absolute Gasteiger partial charge is 0.448 e. The third-order valence-corrected chi connectivity index (χ3v) is 4.84. The van der Waals surface area contributed by atoms with Crippen molar-refractivity contribution in [3.8, 4) is 0 Å². The van der Waals surface area contributed by atoms with Crippen molar-refractivity contribution in [2.75, 3.05) is 38.7 Å². The predicted molar refractivity (Wildman–Crippen MR) is 86.0 cm³/mol. The van der Waals surface area contributed by atoms with E-state index in [1.54, 1.807) is 4.90 Å². The van der Waals surface area contributed by atoms with Crippen LogP contribution in [0.3, 0.4) is 0 Å². The van der Waals surface area contributed by atoms with Gasteiger partial charge in [-0.25, -0.2) is 4.79 Å². The number of piperazine rings is 1. The van der Waals surface area contributed by atoms with Crippen molar-refractivity contribution in [3.63, 3.8) is 0 Å². The highest BCUT2D eigenvalue weighted by molar-refractivity contribution is 6.18. The summed E-state index contributed by atoms with van der Waals surface area (Å²) >= 11 is 5.50. The zero-order valence-corrected chi connectivity index (χ0v) is 14.0. The van der Waals surface area contributed by atoms with Crippen LogP contribution in [-0.4, -0.2) is 60.5 Å². The van der Waals surface area contributed by atoms with E-state index in [1.807, 2.05) is 4.90 Å². The van der Waals surface area contributed by atoms with Gasteiger partial charge in [-0.15, -0.1) is 11.6 Å². The molecule has 1 saturated heterocycles. The van der Waals surface area contributed by atoms with Gasteiger partial charge in [-0.3, -0.25) is 4.79 Å². The molecule has 0 aromatic carbocycles. The van der Waals surface area contributed by atoms with Crippen LogP contribution in [0.1, 0.15) is 44.9 Å². The molecule has 0 spiro atoms. The highest BCUT2D eigenvalue weighted by Crippen LogP contribution is 2.27. The number of carbonyl (C=O) groups is 2. The van der Waals surface area contributed by atoms with E-state index in [2.05, 4.69) is 0 Å². The van der Waals surface area contributed by atoms with Crippen LogP contribution in [0.5, 0.6) is 0 Å². The maximum Gasteiger partial charge on any atom is 0.409 e. The van der Waals surface area contributed by atoms with Crippen molar-refractivity contribution < 1.29 is 14.3 Å².